The van der Waals surface area contributed by atoms with Gasteiger partial charge in [-0.3, -0.25) is 0 Å². The molecular weight excluding hydrogens is 241 g/mol. The minimum absolute atomic E-state index is 0. The Bertz CT molecular complexity index is 356. The standard InChI is InChI=1S/C10H11NO4.BH2O2/c1-14-9(12)11(10(13)15-2)8-6-4-3-5-7-8;2-1-3/h3-7H,1-2H3;2-3H. The highest BCUT2D eigenvalue weighted by molar-refractivity contribution is 6.13. The number of nitrogens with zero attached hydrogens (tertiary/aromatic N) is 1. The number of methoxy groups -OCH3 is 2. The fraction of sp³-hybridized carbons (Fsp3) is 0.200. The summed E-state index contributed by atoms with van der Waals surface area (Å²) in [4.78, 5) is 23.4. The first kappa shape index (κ1) is 15.9. The van der Waals surface area contributed by atoms with Crippen LogP contribution in [-0.4, -0.2) is 44.1 Å². The van der Waals surface area contributed by atoms with Gasteiger partial charge in [-0.1, -0.05) is 18.2 Å². The number of benzene rings is 1. The molecule has 0 aliphatic carbocycles. The Morgan fingerprint density at radius 2 is 1.44 bits per heavy atom. The van der Waals surface area contributed by atoms with Gasteiger partial charge < -0.3 is 19.5 Å². The fourth-order valence-electron chi connectivity index (χ4n) is 1.04. The molecule has 1 rings (SSSR count). The summed E-state index contributed by atoms with van der Waals surface area (Å²) in [6.45, 7) is 0. The van der Waals surface area contributed by atoms with Crippen LogP contribution in [-0.2, 0) is 9.47 Å². The van der Waals surface area contributed by atoms with E-state index in [0.717, 1.165) is 4.90 Å². The number of ether oxygens (including phenoxy) is 2. The summed E-state index contributed by atoms with van der Waals surface area (Å²) in [5, 5.41) is 14.0. The van der Waals surface area contributed by atoms with Gasteiger partial charge in [0.15, 0.2) is 0 Å². The second-order valence-corrected chi connectivity index (χ2v) is 2.73. The van der Waals surface area contributed by atoms with Crippen LogP contribution >= 0.6 is 0 Å². The maximum absolute atomic E-state index is 11.3. The molecule has 97 valence electrons. The maximum Gasteiger partial charge on any atom is 0.482 e. The minimum Gasteiger partial charge on any atom is -0.452 e. The van der Waals surface area contributed by atoms with Crippen LogP contribution in [0.3, 0.4) is 0 Å². The third-order valence-electron chi connectivity index (χ3n) is 1.73. The van der Waals surface area contributed by atoms with Gasteiger partial charge in [0.1, 0.15) is 0 Å². The SMILES string of the molecule is COC(=O)N(C(=O)OC)c1ccccc1.O[B]O. The molecule has 0 aliphatic rings. The van der Waals surface area contributed by atoms with Gasteiger partial charge in [-0.15, -0.1) is 0 Å². The molecule has 1 radical (unpaired) electrons. The van der Waals surface area contributed by atoms with E-state index in [9.17, 15) is 9.59 Å². The average Bonchev–Trinajstić information content (AvgIpc) is 2.40. The Hall–Kier alpha value is -2.06. The molecule has 0 atom stereocenters. The third-order valence-corrected chi connectivity index (χ3v) is 1.73. The zero-order valence-corrected chi connectivity index (χ0v) is 9.94. The molecule has 1 aromatic rings. The Labute approximate surface area is 105 Å². The summed E-state index contributed by atoms with van der Waals surface area (Å²) in [7, 11) is 2.39. The van der Waals surface area contributed by atoms with Crippen LogP contribution < -0.4 is 4.90 Å². The summed E-state index contributed by atoms with van der Waals surface area (Å²) in [6, 6.07) is 8.39. The maximum atomic E-state index is 11.3. The lowest BCUT2D eigenvalue weighted by molar-refractivity contribution is 0.159. The highest BCUT2D eigenvalue weighted by atomic mass is 16.6. The van der Waals surface area contributed by atoms with E-state index in [1.807, 2.05) is 0 Å². The topological polar surface area (TPSA) is 96.3 Å². The first-order chi connectivity index (χ1) is 8.62. The zero-order chi connectivity index (χ0) is 14.0. The quantitative estimate of drug-likeness (QED) is 0.709. The number of hydrogen-bond acceptors (Lipinski definition) is 6. The Morgan fingerprint density at radius 1 is 1.06 bits per heavy atom. The largest absolute Gasteiger partial charge is 0.482 e. The van der Waals surface area contributed by atoms with Crippen LogP contribution in [0, 0.1) is 0 Å². The molecule has 0 saturated carbocycles. The van der Waals surface area contributed by atoms with Crippen molar-refractivity contribution in [1.29, 1.82) is 0 Å². The normalized spacial score (nSPS) is 8.44. The van der Waals surface area contributed by atoms with E-state index in [1.165, 1.54) is 14.2 Å². The number of amides is 2. The van der Waals surface area contributed by atoms with Crippen molar-refractivity contribution in [3.8, 4) is 0 Å². The Balaban J connectivity index is 0.000000873. The van der Waals surface area contributed by atoms with Crippen LogP contribution in [0.5, 0.6) is 0 Å². The lowest BCUT2D eigenvalue weighted by Crippen LogP contribution is -2.36. The van der Waals surface area contributed by atoms with Crippen LogP contribution in [0.1, 0.15) is 0 Å². The summed E-state index contributed by atoms with van der Waals surface area (Å²) in [5.74, 6) is 0. The van der Waals surface area contributed by atoms with E-state index >= 15 is 0 Å². The van der Waals surface area contributed by atoms with Gasteiger partial charge in [-0.2, -0.15) is 4.90 Å². The average molecular weight is 254 g/mol. The van der Waals surface area contributed by atoms with Gasteiger partial charge in [0, 0.05) is 0 Å². The molecule has 1 aromatic carbocycles. The highest BCUT2D eigenvalue weighted by Gasteiger charge is 2.24. The van der Waals surface area contributed by atoms with Crippen molar-refractivity contribution in [2.45, 2.75) is 0 Å². The smallest absolute Gasteiger partial charge is 0.452 e. The molecular formula is C10H13BNO6. The minimum atomic E-state index is -0.784. The lowest BCUT2D eigenvalue weighted by atomic mass is 10.3. The van der Waals surface area contributed by atoms with Gasteiger partial charge in [-0.25, -0.2) is 9.59 Å². The monoisotopic (exact) mass is 254 g/mol. The molecule has 2 amide bonds. The zero-order valence-electron chi connectivity index (χ0n) is 9.94. The number of anilines is 1. The van der Waals surface area contributed by atoms with Crippen molar-refractivity contribution >= 4 is 25.6 Å². The summed E-state index contributed by atoms with van der Waals surface area (Å²) in [6.07, 6.45) is -1.57. The molecule has 0 heterocycles. The van der Waals surface area contributed by atoms with Crippen molar-refractivity contribution in [1.82, 2.24) is 0 Å². The van der Waals surface area contributed by atoms with Crippen molar-refractivity contribution in [3.05, 3.63) is 30.3 Å². The van der Waals surface area contributed by atoms with Gasteiger partial charge in [0.25, 0.3) is 0 Å². The van der Waals surface area contributed by atoms with Crippen molar-refractivity contribution in [3.63, 3.8) is 0 Å². The van der Waals surface area contributed by atoms with Gasteiger partial charge in [0.05, 0.1) is 19.9 Å². The predicted molar refractivity (Wildman–Crippen MR) is 63.9 cm³/mol. The van der Waals surface area contributed by atoms with Crippen LogP contribution in [0.15, 0.2) is 30.3 Å². The van der Waals surface area contributed by atoms with Gasteiger partial charge >= 0.3 is 19.9 Å². The second-order valence-electron chi connectivity index (χ2n) is 2.73. The van der Waals surface area contributed by atoms with E-state index in [-0.39, 0.29) is 7.69 Å². The first-order valence-corrected chi connectivity index (χ1v) is 4.73. The molecule has 0 spiro atoms. The number of carbonyl (C=O) groups excluding carboxylic acids is 2. The first-order valence-electron chi connectivity index (χ1n) is 4.73. The Kier molecular flexibility index (Phi) is 7.99. The van der Waals surface area contributed by atoms with Crippen LogP contribution in [0.25, 0.3) is 0 Å². The third kappa shape index (κ3) is 4.85. The molecule has 0 unspecified atom stereocenters. The summed E-state index contributed by atoms with van der Waals surface area (Å²) in [5.41, 5.74) is 0.399. The van der Waals surface area contributed by atoms with Crippen LogP contribution in [0.2, 0.25) is 0 Å². The number of carbonyl (C=O) groups is 2. The second kappa shape index (κ2) is 9.02. The van der Waals surface area contributed by atoms with Crippen molar-refractivity contribution < 1.29 is 29.1 Å². The number of imide groups is 1. The number of para-hydroxylation sites is 1. The van der Waals surface area contributed by atoms with E-state index in [2.05, 4.69) is 9.47 Å². The molecule has 7 nitrogen and oxygen atoms in total. The van der Waals surface area contributed by atoms with E-state index < -0.39 is 12.2 Å². The summed E-state index contributed by atoms with van der Waals surface area (Å²) < 4.78 is 8.95. The molecule has 0 fully saturated rings. The van der Waals surface area contributed by atoms with Gasteiger partial charge in [0.2, 0.25) is 0 Å². The molecule has 0 bridgehead atoms. The fourth-order valence-corrected chi connectivity index (χ4v) is 1.04. The van der Waals surface area contributed by atoms with E-state index in [0.29, 0.717) is 5.69 Å². The number of hydrogen-bond donors (Lipinski definition) is 2. The molecule has 0 saturated heterocycles. The summed E-state index contributed by atoms with van der Waals surface area (Å²) >= 11 is 0. The lowest BCUT2D eigenvalue weighted by Gasteiger charge is -2.17. The number of rotatable bonds is 1. The highest BCUT2D eigenvalue weighted by Crippen LogP contribution is 2.15. The van der Waals surface area contributed by atoms with Gasteiger partial charge in [-0.05, 0) is 12.1 Å². The molecule has 18 heavy (non-hydrogen) atoms. The molecule has 2 N–H and O–H groups in total. The van der Waals surface area contributed by atoms with Crippen molar-refractivity contribution in [2.24, 2.45) is 0 Å². The Morgan fingerprint density at radius 3 is 1.78 bits per heavy atom. The van der Waals surface area contributed by atoms with Crippen molar-refractivity contribution in [2.75, 3.05) is 19.1 Å². The molecule has 0 aliphatic heterocycles. The van der Waals surface area contributed by atoms with Crippen LogP contribution in [0.4, 0.5) is 15.3 Å². The van der Waals surface area contributed by atoms with E-state index in [1.54, 1.807) is 30.3 Å². The molecule has 0 aromatic heterocycles. The van der Waals surface area contributed by atoms with E-state index in [4.69, 9.17) is 10.0 Å². The predicted octanol–water partition coefficient (Wildman–Crippen LogP) is 0.531. The molecule has 8 heteroatoms.